The summed E-state index contributed by atoms with van der Waals surface area (Å²) in [4.78, 5) is 14.8. The van der Waals surface area contributed by atoms with Crippen LogP contribution >= 0.6 is 11.6 Å². The second-order valence-electron chi connectivity index (χ2n) is 4.02. The number of hydrogen-bond acceptors (Lipinski definition) is 4. The number of rotatable bonds is 6. The molecule has 0 aliphatic carbocycles. The highest BCUT2D eigenvalue weighted by molar-refractivity contribution is 7.89. The Morgan fingerprint density at radius 3 is 2.55 bits per heavy atom. The molecule has 11 heteroatoms. The van der Waals surface area contributed by atoms with Crippen LogP contribution in [0.4, 0.5) is 13.2 Å². The van der Waals surface area contributed by atoms with Gasteiger partial charge in [0.25, 0.3) is 0 Å². The average Bonchev–Trinajstić information content (AvgIpc) is 2.37. The van der Waals surface area contributed by atoms with Gasteiger partial charge in [0.05, 0.1) is 22.6 Å². The number of hydrogen-bond donors (Lipinski definition) is 2. The molecule has 0 spiro atoms. The van der Waals surface area contributed by atoms with Gasteiger partial charge in [0.1, 0.15) is 0 Å². The maximum Gasteiger partial charge on any atom is 0.417 e. The SMILES string of the molecule is CONC(=O)CCNS(=O)(=O)c1ccc(Cl)c(C(F)(F)F)c1. The van der Waals surface area contributed by atoms with E-state index in [9.17, 15) is 26.4 Å². The molecule has 6 nitrogen and oxygen atoms in total. The molecule has 0 aliphatic heterocycles. The third-order valence-electron chi connectivity index (χ3n) is 2.41. The minimum absolute atomic E-state index is 0.243. The normalized spacial score (nSPS) is 12.2. The van der Waals surface area contributed by atoms with E-state index < -0.39 is 37.6 Å². The first-order valence-corrected chi connectivity index (χ1v) is 7.62. The molecular weight excluding hydrogens is 349 g/mol. The number of halogens is 4. The van der Waals surface area contributed by atoms with E-state index >= 15 is 0 Å². The van der Waals surface area contributed by atoms with E-state index in [4.69, 9.17) is 11.6 Å². The van der Waals surface area contributed by atoms with Crippen LogP contribution in [-0.2, 0) is 25.8 Å². The number of amides is 1. The number of carbonyl (C=O) groups is 1. The minimum Gasteiger partial charge on any atom is -0.277 e. The van der Waals surface area contributed by atoms with Gasteiger partial charge in [0.2, 0.25) is 15.9 Å². The molecule has 0 aromatic heterocycles. The second kappa shape index (κ2) is 7.27. The Bertz CT molecular complexity index is 649. The molecule has 1 aromatic carbocycles. The van der Waals surface area contributed by atoms with Crippen LogP contribution in [0.25, 0.3) is 0 Å². The molecule has 124 valence electrons. The van der Waals surface area contributed by atoms with Crippen molar-refractivity contribution < 1.29 is 31.2 Å². The maximum absolute atomic E-state index is 12.7. The van der Waals surface area contributed by atoms with Crippen LogP contribution in [0.3, 0.4) is 0 Å². The fourth-order valence-electron chi connectivity index (χ4n) is 1.44. The predicted molar refractivity (Wildman–Crippen MR) is 71.4 cm³/mol. The monoisotopic (exact) mass is 360 g/mol. The van der Waals surface area contributed by atoms with E-state index in [0.29, 0.717) is 6.07 Å². The summed E-state index contributed by atoms with van der Waals surface area (Å²) in [6.45, 7) is -0.304. The molecule has 0 fully saturated rings. The topological polar surface area (TPSA) is 84.5 Å². The zero-order valence-corrected chi connectivity index (χ0v) is 12.8. The molecule has 0 saturated carbocycles. The molecule has 22 heavy (non-hydrogen) atoms. The Balaban J connectivity index is 2.88. The lowest BCUT2D eigenvalue weighted by Crippen LogP contribution is -2.30. The van der Waals surface area contributed by atoms with Crippen molar-refractivity contribution in [3.63, 3.8) is 0 Å². The molecular formula is C11H12ClF3N2O4S. The van der Waals surface area contributed by atoms with Gasteiger partial charge in [-0.3, -0.25) is 9.63 Å². The Kier molecular flexibility index (Phi) is 6.17. The summed E-state index contributed by atoms with van der Waals surface area (Å²) in [5.41, 5.74) is 0.713. The number of benzene rings is 1. The highest BCUT2D eigenvalue weighted by atomic mass is 35.5. The predicted octanol–water partition coefficient (Wildman–Crippen LogP) is 1.70. The van der Waals surface area contributed by atoms with E-state index in [0.717, 1.165) is 12.1 Å². The number of carbonyl (C=O) groups excluding carboxylic acids is 1. The zero-order valence-electron chi connectivity index (χ0n) is 11.2. The molecule has 0 saturated heterocycles. The van der Waals surface area contributed by atoms with E-state index in [1.54, 1.807) is 0 Å². The van der Waals surface area contributed by atoms with Crippen molar-refractivity contribution in [3.05, 3.63) is 28.8 Å². The van der Waals surface area contributed by atoms with Crippen molar-refractivity contribution in [2.75, 3.05) is 13.7 Å². The van der Waals surface area contributed by atoms with Crippen LogP contribution in [0.5, 0.6) is 0 Å². The Labute approximate surface area is 129 Å². The number of nitrogens with one attached hydrogen (secondary N) is 2. The van der Waals surface area contributed by atoms with Gasteiger partial charge in [-0.2, -0.15) is 13.2 Å². The van der Waals surface area contributed by atoms with Gasteiger partial charge in [-0.15, -0.1) is 0 Å². The number of sulfonamides is 1. The summed E-state index contributed by atoms with van der Waals surface area (Å²) in [5, 5.41) is -0.606. The molecule has 0 bridgehead atoms. The van der Waals surface area contributed by atoms with Crippen molar-refractivity contribution >= 4 is 27.5 Å². The van der Waals surface area contributed by atoms with Crippen molar-refractivity contribution in [1.82, 2.24) is 10.2 Å². The molecule has 2 N–H and O–H groups in total. The van der Waals surface area contributed by atoms with Crippen LogP contribution in [0.15, 0.2) is 23.1 Å². The fourth-order valence-corrected chi connectivity index (χ4v) is 2.72. The highest BCUT2D eigenvalue weighted by Gasteiger charge is 2.34. The minimum atomic E-state index is -4.78. The van der Waals surface area contributed by atoms with E-state index in [1.807, 2.05) is 10.2 Å². The van der Waals surface area contributed by atoms with Gasteiger partial charge < -0.3 is 0 Å². The lowest BCUT2D eigenvalue weighted by atomic mass is 10.2. The van der Waals surface area contributed by atoms with Crippen LogP contribution in [-0.4, -0.2) is 28.0 Å². The molecule has 0 atom stereocenters. The Morgan fingerprint density at radius 1 is 1.36 bits per heavy atom. The summed E-state index contributed by atoms with van der Waals surface area (Å²) in [6, 6.07) is 2.21. The first-order valence-electron chi connectivity index (χ1n) is 5.76. The van der Waals surface area contributed by atoms with E-state index in [2.05, 4.69) is 4.84 Å². The first-order chi connectivity index (χ1) is 10.1. The highest BCUT2D eigenvalue weighted by Crippen LogP contribution is 2.35. The van der Waals surface area contributed by atoms with Crippen molar-refractivity contribution in [2.45, 2.75) is 17.5 Å². The van der Waals surface area contributed by atoms with Crippen LogP contribution in [0.1, 0.15) is 12.0 Å². The molecule has 1 amide bonds. The van der Waals surface area contributed by atoms with Crippen LogP contribution in [0, 0.1) is 0 Å². The summed E-state index contributed by atoms with van der Waals surface area (Å²) < 4.78 is 63.8. The van der Waals surface area contributed by atoms with Gasteiger partial charge in [-0.25, -0.2) is 18.6 Å². The zero-order chi connectivity index (χ0) is 17.0. The molecule has 0 aliphatic rings. The van der Waals surface area contributed by atoms with Crippen LogP contribution < -0.4 is 10.2 Å². The standard InChI is InChI=1S/C11H12ClF3N2O4S/c1-21-17-10(18)4-5-16-22(19,20)7-2-3-9(12)8(6-7)11(13,14)15/h2-3,6,16H,4-5H2,1H3,(H,17,18). The third-order valence-corrected chi connectivity index (χ3v) is 4.20. The smallest absolute Gasteiger partial charge is 0.277 e. The quantitative estimate of drug-likeness (QED) is 0.756. The lowest BCUT2D eigenvalue weighted by molar-refractivity contribution is -0.137. The van der Waals surface area contributed by atoms with Gasteiger partial charge >= 0.3 is 6.18 Å². The molecule has 1 rings (SSSR count). The Hall–Kier alpha value is -1.36. The maximum atomic E-state index is 12.7. The lowest BCUT2D eigenvalue weighted by Gasteiger charge is -2.12. The van der Waals surface area contributed by atoms with Crippen LogP contribution in [0.2, 0.25) is 5.02 Å². The van der Waals surface area contributed by atoms with Crippen molar-refractivity contribution in [2.24, 2.45) is 0 Å². The van der Waals surface area contributed by atoms with Gasteiger partial charge in [-0.05, 0) is 18.2 Å². The van der Waals surface area contributed by atoms with E-state index in [1.165, 1.54) is 7.11 Å². The van der Waals surface area contributed by atoms with Gasteiger partial charge in [0, 0.05) is 13.0 Å². The number of hydroxylamine groups is 1. The molecule has 1 aromatic rings. The summed E-state index contributed by atoms with van der Waals surface area (Å²) in [6.07, 6.45) is -5.02. The molecule has 0 radical (unpaired) electrons. The molecule has 0 heterocycles. The summed E-state index contributed by atoms with van der Waals surface area (Å²) in [7, 11) is -3.00. The number of alkyl halides is 3. The van der Waals surface area contributed by atoms with E-state index in [-0.39, 0.29) is 13.0 Å². The van der Waals surface area contributed by atoms with Crippen molar-refractivity contribution in [3.8, 4) is 0 Å². The fraction of sp³-hybridized carbons (Fsp3) is 0.364. The van der Waals surface area contributed by atoms with Gasteiger partial charge in [-0.1, -0.05) is 11.6 Å². The summed E-state index contributed by atoms with van der Waals surface area (Å²) >= 11 is 5.41. The summed E-state index contributed by atoms with van der Waals surface area (Å²) in [5.74, 6) is -0.586. The second-order valence-corrected chi connectivity index (χ2v) is 6.19. The third kappa shape index (κ3) is 5.13. The van der Waals surface area contributed by atoms with Gasteiger partial charge in [0.15, 0.2) is 0 Å². The molecule has 0 unspecified atom stereocenters. The largest absolute Gasteiger partial charge is 0.417 e. The average molecular weight is 361 g/mol. The van der Waals surface area contributed by atoms with Crippen molar-refractivity contribution in [1.29, 1.82) is 0 Å². The Morgan fingerprint density at radius 2 is 2.00 bits per heavy atom. The first kappa shape index (κ1) is 18.7.